The Morgan fingerprint density at radius 2 is 1.21 bits per heavy atom. The van der Waals surface area contributed by atoms with E-state index < -0.39 is 46.7 Å². The van der Waals surface area contributed by atoms with Crippen molar-refractivity contribution in [2.24, 2.45) is 17.3 Å². The fraction of sp³-hybridized carbons (Fsp3) is 0.620. The second-order valence-electron chi connectivity index (χ2n) is 18.0. The summed E-state index contributed by atoms with van der Waals surface area (Å²) in [5, 5.41) is 10.4. The highest BCUT2D eigenvalue weighted by Crippen LogP contribution is 2.41. The van der Waals surface area contributed by atoms with E-state index >= 15 is 0 Å². The number of epoxide rings is 1. The summed E-state index contributed by atoms with van der Waals surface area (Å²) in [5.74, 6) is 1.62. The number of ether oxygens (including phenoxy) is 6. The van der Waals surface area contributed by atoms with E-state index in [-0.39, 0.29) is 12.6 Å². The number of methoxy groups -OCH3 is 2. The lowest BCUT2D eigenvalue weighted by Crippen LogP contribution is -2.39. The van der Waals surface area contributed by atoms with E-state index in [1.54, 1.807) is 59.8 Å². The molecular formula is C50H78O14Si2. The molecule has 2 aliphatic carbocycles. The summed E-state index contributed by atoms with van der Waals surface area (Å²) in [6, 6.07) is 16.6. The van der Waals surface area contributed by atoms with Crippen molar-refractivity contribution in [3.8, 4) is 11.5 Å². The summed E-state index contributed by atoms with van der Waals surface area (Å²) in [6.45, 7) is 10.4. The van der Waals surface area contributed by atoms with E-state index in [0.717, 1.165) is 54.1 Å². The predicted octanol–water partition coefficient (Wildman–Crippen LogP) is 9.08. The SMILES string of the molecule is CCC(C)(C)C(=O)OCCOc1ccc(/C=C/C(=O)OC)cc1.CO[Si](C)(CCC1CCC2OC2C1)OC.COc1ccc(/C=C/C(=O)OC2CCC(CC[Si](C)(OC)OC)CC2O)cc1. The standard InChI is InChI=1S/C21H32O6Si.C18H24O5.C11H22O3Si/c1-24-18-9-5-16(6-10-18)8-12-21(23)27-20-11-7-17(15-19(20)22)13-14-28(4,25-2)26-3;1-5-18(2,3)17(20)23-13-12-22-15-9-6-14(7-10-15)8-11-16(19)21-4;1-12-15(3,13-2)7-6-9-4-5-10-11(8-9)14-10/h5-6,8-10,12,17,19-20,22H,7,11,13-15H2,1-4H3;6-11H,5,12-13H2,1-4H3;9-11H,4-8H2,1-3H3/b12-8+;11-8+;. The highest BCUT2D eigenvalue weighted by atomic mass is 28.4. The number of benzene rings is 2. The van der Waals surface area contributed by atoms with Gasteiger partial charge < -0.3 is 51.2 Å². The molecule has 2 aromatic rings. The molecule has 0 bridgehead atoms. The Morgan fingerprint density at radius 3 is 1.70 bits per heavy atom. The van der Waals surface area contributed by atoms with Gasteiger partial charge in [0, 0.05) is 40.6 Å². The van der Waals surface area contributed by atoms with Crippen molar-refractivity contribution in [3.63, 3.8) is 0 Å². The van der Waals surface area contributed by atoms with Crippen LogP contribution in [0.1, 0.15) is 89.7 Å². The Morgan fingerprint density at radius 1 is 0.697 bits per heavy atom. The molecule has 1 N–H and O–H groups in total. The molecule has 3 fully saturated rings. The molecule has 3 aliphatic rings. The van der Waals surface area contributed by atoms with Crippen molar-refractivity contribution in [1.82, 2.24) is 0 Å². The lowest BCUT2D eigenvalue weighted by atomic mass is 9.84. The second-order valence-corrected chi connectivity index (χ2v) is 25.2. The summed E-state index contributed by atoms with van der Waals surface area (Å²) in [4.78, 5) is 34.9. The van der Waals surface area contributed by atoms with Crippen molar-refractivity contribution < 1.29 is 65.6 Å². The van der Waals surface area contributed by atoms with Gasteiger partial charge in [0.2, 0.25) is 0 Å². The van der Waals surface area contributed by atoms with Gasteiger partial charge in [-0.3, -0.25) is 4.79 Å². The molecule has 0 amide bonds. The van der Waals surface area contributed by atoms with Gasteiger partial charge in [0.05, 0.1) is 37.9 Å². The van der Waals surface area contributed by atoms with Gasteiger partial charge in [0.15, 0.2) is 0 Å². The molecule has 0 aromatic heterocycles. The van der Waals surface area contributed by atoms with Gasteiger partial charge in [-0.1, -0.05) is 31.2 Å². The first-order valence-corrected chi connectivity index (χ1v) is 28.2. The van der Waals surface area contributed by atoms with Crippen molar-refractivity contribution >= 4 is 47.2 Å². The molecule has 6 unspecified atom stereocenters. The monoisotopic (exact) mass is 958 g/mol. The van der Waals surface area contributed by atoms with Gasteiger partial charge in [-0.15, -0.1) is 0 Å². The van der Waals surface area contributed by atoms with Crippen LogP contribution < -0.4 is 9.47 Å². The maximum atomic E-state index is 12.1. The summed E-state index contributed by atoms with van der Waals surface area (Å²) in [5.41, 5.74) is 1.28. The van der Waals surface area contributed by atoms with Crippen LogP contribution in [-0.4, -0.2) is 120 Å². The average Bonchev–Trinajstić information content (AvgIpc) is 4.13. The molecule has 0 radical (unpaired) electrons. The highest BCUT2D eigenvalue weighted by molar-refractivity contribution is 6.66. The zero-order valence-electron chi connectivity index (χ0n) is 41.3. The van der Waals surface area contributed by atoms with E-state index in [9.17, 15) is 19.5 Å². The number of aliphatic hydroxyl groups excluding tert-OH is 1. The van der Waals surface area contributed by atoms with Crippen molar-refractivity contribution in [3.05, 3.63) is 71.8 Å². The first-order chi connectivity index (χ1) is 31.4. The molecule has 370 valence electrons. The minimum atomic E-state index is -2.08. The third kappa shape index (κ3) is 20.2. The van der Waals surface area contributed by atoms with E-state index in [1.165, 1.54) is 44.9 Å². The first-order valence-electron chi connectivity index (χ1n) is 23.2. The van der Waals surface area contributed by atoms with E-state index in [4.69, 9.17) is 41.4 Å². The third-order valence-corrected chi connectivity index (χ3v) is 18.9. The third-order valence-electron chi connectivity index (χ3n) is 13.0. The molecule has 66 heavy (non-hydrogen) atoms. The first kappa shape index (κ1) is 56.4. The molecule has 6 atom stereocenters. The molecule has 0 spiro atoms. The van der Waals surface area contributed by atoms with Crippen LogP contribution in [0.15, 0.2) is 60.7 Å². The molecule has 1 aliphatic heterocycles. The molecule has 2 aromatic carbocycles. The van der Waals surface area contributed by atoms with Gasteiger partial charge in [-0.25, -0.2) is 9.59 Å². The minimum Gasteiger partial charge on any atom is -0.497 e. The van der Waals surface area contributed by atoms with Gasteiger partial charge >= 0.3 is 35.0 Å². The Balaban J connectivity index is 0.000000274. The van der Waals surface area contributed by atoms with E-state index in [1.807, 2.05) is 63.7 Å². The fourth-order valence-electron chi connectivity index (χ4n) is 7.47. The molecule has 16 heteroatoms. The molecule has 1 saturated heterocycles. The van der Waals surface area contributed by atoms with Gasteiger partial charge in [0.25, 0.3) is 0 Å². The van der Waals surface area contributed by atoms with E-state index in [2.05, 4.69) is 11.3 Å². The number of carbonyl (C=O) groups excluding carboxylic acids is 3. The second kappa shape index (κ2) is 28.5. The van der Waals surface area contributed by atoms with Crippen molar-refractivity contribution in [2.75, 3.05) is 55.9 Å². The Labute approximate surface area is 396 Å². The summed E-state index contributed by atoms with van der Waals surface area (Å²) < 4.78 is 53.4. The maximum Gasteiger partial charge on any atom is 0.334 e. The van der Waals surface area contributed by atoms with Crippen LogP contribution in [0.3, 0.4) is 0 Å². The lowest BCUT2D eigenvalue weighted by Gasteiger charge is -2.33. The van der Waals surface area contributed by atoms with Gasteiger partial charge in [0.1, 0.15) is 30.8 Å². The zero-order chi connectivity index (χ0) is 48.8. The van der Waals surface area contributed by atoms with Crippen LogP contribution >= 0.6 is 0 Å². The average molecular weight is 959 g/mol. The fourth-order valence-corrected chi connectivity index (χ4v) is 10.5. The van der Waals surface area contributed by atoms with Crippen LogP contribution in [0.2, 0.25) is 25.2 Å². The Hall–Kier alpha value is -3.88. The normalized spacial score (nSPS) is 21.6. The molecule has 1 heterocycles. The largest absolute Gasteiger partial charge is 0.497 e. The van der Waals surface area contributed by atoms with Crippen LogP contribution in [-0.2, 0) is 51.0 Å². The minimum absolute atomic E-state index is 0.215. The zero-order valence-corrected chi connectivity index (χ0v) is 43.3. The van der Waals surface area contributed by atoms with Gasteiger partial charge in [-0.2, -0.15) is 0 Å². The predicted molar refractivity (Wildman–Crippen MR) is 259 cm³/mol. The van der Waals surface area contributed by atoms with Crippen LogP contribution in [0.4, 0.5) is 0 Å². The quantitative estimate of drug-likeness (QED) is 0.0296. The Bertz CT molecular complexity index is 1790. The Kier molecular flexibility index (Phi) is 24.3. The van der Waals surface area contributed by atoms with Crippen LogP contribution in [0.5, 0.6) is 11.5 Å². The van der Waals surface area contributed by atoms with Crippen LogP contribution in [0.25, 0.3) is 12.2 Å². The van der Waals surface area contributed by atoms with E-state index in [0.29, 0.717) is 43.3 Å². The smallest absolute Gasteiger partial charge is 0.334 e. The van der Waals surface area contributed by atoms with Crippen LogP contribution in [0, 0.1) is 17.3 Å². The summed E-state index contributed by atoms with van der Waals surface area (Å²) in [6.07, 6.45) is 15.3. The number of hydrogen-bond acceptors (Lipinski definition) is 14. The number of aliphatic hydroxyl groups is 1. The highest BCUT2D eigenvalue weighted by Gasteiger charge is 2.44. The molecular weight excluding hydrogens is 881 g/mol. The number of esters is 3. The molecule has 14 nitrogen and oxygen atoms in total. The topological polar surface area (TPSA) is 167 Å². The summed E-state index contributed by atoms with van der Waals surface area (Å²) >= 11 is 0. The van der Waals surface area contributed by atoms with Gasteiger partial charge in [-0.05, 0) is 156 Å². The van der Waals surface area contributed by atoms with Crippen molar-refractivity contribution in [1.29, 1.82) is 0 Å². The number of fused-ring (bicyclic) bond motifs is 1. The number of carbonyl (C=O) groups is 3. The number of hydrogen-bond donors (Lipinski definition) is 1. The van der Waals surface area contributed by atoms with Crippen molar-refractivity contribution in [2.45, 2.75) is 128 Å². The molecule has 5 rings (SSSR count). The molecule has 2 saturated carbocycles. The lowest BCUT2D eigenvalue weighted by molar-refractivity contribution is -0.155. The number of rotatable bonds is 22. The maximum absolute atomic E-state index is 12.1. The summed E-state index contributed by atoms with van der Waals surface area (Å²) in [7, 11) is 5.97.